The maximum Gasteiger partial charge on any atom is 0.145 e. The van der Waals surface area contributed by atoms with Crippen LogP contribution in [-0.2, 0) is 11.2 Å². The zero-order valence-corrected chi connectivity index (χ0v) is 11.1. The molecule has 18 heavy (non-hydrogen) atoms. The van der Waals surface area contributed by atoms with E-state index in [0.717, 1.165) is 11.8 Å². The summed E-state index contributed by atoms with van der Waals surface area (Å²) in [4.78, 5) is 10.6. The summed E-state index contributed by atoms with van der Waals surface area (Å²) in [7, 11) is 4.77. The molecule has 1 rings (SSSR count). The molecule has 0 atom stereocenters. The van der Waals surface area contributed by atoms with Crippen LogP contribution in [0.3, 0.4) is 0 Å². The lowest BCUT2D eigenvalue weighted by molar-refractivity contribution is -0.104. The van der Waals surface area contributed by atoms with Crippen molar-refractivity contribution in [2.24, 2.45) is 0 Å². The van der Waals surface area contributed by atoms with Gasteiger partial charge in [-0.05, 0) is 18.9 Å². The van der Waals surface area contributed by atoms with E-state index < -0.39 is 0 Å². The average Bonchev–Trinajstić information content (AvgIpc) is 2.43. The van der Waals surface area contributed by atoms with E-state index in [-0.39, 0.29) is 0 Å². The summed E-state index contributed by atoms with van der Waals surface area (Å²) in [5.41, 5.74) is 1.57. The second kappa shape index (κ2) is 6.69. The zero-order chi connectivity index (χ0) is 13.5. The molecule has 0 aromatic heterocycles. The van der Waals surface area contributed by atoms with Crippen molar-refractivity contribution >= 4 is 6.29 Å². The summed E-state index contributed by atoms with van der Waals surface area (Å²) in [6.07, 6.45) is 3.23. The van der Waals surface area contributed by atoms with E-state index >= 15 is 0 Å². The van der Waals surface area contributed by atoms with Gasteiger partial charge in [-0.2, -0.15) is 0 Å². The molecule has 0 aliphatic heterocycles. The second-order valence-corrected chi connectivity index (χ2v) is 3.78. The molecular weight excluding hydrogens is 232 g/mol. The van der Waals surface area contributed by atoms with Crippen LogP contribution in [0.1, 0.15) is 12.5 Å². The van der Waals surface area contributed by atoms with Gasteiger partial charge in [0.05, 0.1) is 21.3 Å². The van der Waals surface area contributed by atoms with E-state index in [4.69, 9.17) is 14.2 Å². The summed E-state index contributed by atoms with van der Waals surface area (Å²) in [6.45, 7) is 1.76. The molecule has 1 aromatic carbocycles. The van der Waals surface area contributed by atoms with Crippen molar-refractivity contribution in [1.82, 2.24) is 0 Å². The fraction of sp³-hybridized carbons (Fsp3) is 0.357. The van der Waals surface area contributed by atoms with Crippen molar-refractivity contribution in [2.75, 3.05) is 21.3 Å². The number of hydrogen-bond donors (Lipinski definition) is 0. The Hall–Kier alpha value is -1.97. The van der Waals surface area contributed by atoms with Crippen LogP contribution in [0, 0.1) is 0 Å². The van der Waals surface area contributed by atoms with Gasteiger partial charge in [-0.15, -0.1) is 0 Å². The summed E-state index contributed by atoms with van der Waals surface area (Å²) in [6, 6.07) is 3.59. The average molecular weight is 250 g/mol. The molecule has 0 saturated carbocycles. The molecule has 0 aliphatic rings. The Labute approximate surface area is 107 Å². The summed E-state index contributed by atoms with van der Waals surface area (Å²) in [5, 5.41) is 0. The van der Waals surface area contributed by atoms with Crippen molar-refractivity contribution < 1.29 is 19.0 Å². The first kappa shape index (κ1) is 14.1. The Morgan fingerprint density at radius 3 is 2.06 bits per heavy atom. The van der Waals surface area contributed by atoms with Gasteiger partial charge in [0.2, 0.25) is 0 Å². The lowest BCUT2D eigenvalue weighted by Gasteiger charge is -2.14. The van der Waals surface area contributed by atoms with Crippen molar-refractivity contribution in [3.8, 4) is 17.2 Å². The molecule has 0 fully saturated rings. The van der Waals surface area contributed by atoms with Crippen LogP contribution in [0.15, 0.2) is 23.8 Å². The summed E-state index contributed by atoms with van der Waals surface area (Å²) >= 11 is 0. The molecule has 0 N–H and O–H groups in total. The third kappa shape index (κ3) is 3.26. The van der Waals surface area contributed by atoms with Crippen LogP contribution in [-0.4, -0.2) is 27.6 Å². The molecule has 0 spiro atoms. The van der Waals surface area contributed by atoms with Crippen LogP contribution >= 0.6 is 0 Å². The molecule has 0 bridgehead atoms. The molecular formula is C14H18O4. The number of carbonyl (C=O) groups is 1. The maximum absolute atomic E-state index is 10.6. The Bertz CT molecular complexity index is 424. The van der Waals surface area contributed by atoms with E-state index in [2.05, 4.69) is 0 Å². The SMILES string of the molecule is COc1cc(OC)c(CC=C(C)C=O)c(OC)c1. The van der Waals surface area contributed by atoms with Crippen molar-refractivity contribution in [3.05, 3.63) is 29.3 Å². The third-order valence-corrected chi connectivity index (χ3v) is 2.63. The molecule has 0 unspecified atom stereocenters. The lowest BCUT2D eigenvalue weighted by atomic mass is 10.1. The molecule has 0 aliphatic carbocycles. The van der Waals surface area contributed by atoms with Gasteiger partial charge in [-0.25, -0.2) is 0 Å². The molecule has 0 saturated heterocycles. The minimum absolute atomic E-state index is 0.570. The first-order valence-electron chi connectivity index (χ1n) is 5.57. The predicted octanol–water partition coefficient (Wildman–Crippen LogP) is 2.40. The van der Waals surface area contributed by atoms with Crippen molar-refractivity contribution in [1.29, 1.82) is 0 Å². The van der Waals surface area contributed by atoms with Crippen molar-refractivity contribution in [3.63, 3.8) is 0 Å². The number of benzene rings is 1. The largest absolute Gasteiger partial charge is 0.496 e. The van der Waals surface area contributed by atoms with Crippen LogP contribution in [0.25, 0.3) is 0 Å². The van der Waals surface area contributed by atoms with Crippen molar-refractivity contribution in [2.45, 2.75) is 13.3 Å². The number of carbonyl (C=O) groups excluding carboxylic acids is 1. The van der Waals surface area contributed by atoms with Crippen LogP contribution in [0.4, 0.5) is 0 Å². The fourth-order valence-corrected chi connectivity index (χ4v) is 1.59. The topological polar surface area (TPSA) is 44.8 Å². The fourth-order valence-electron chi connectivity index (χ4n) is 1.59. The van der Waals surface area contributed by atoms with E-state index in [1.807, 2.05) is 6.08 Å². The van der Waals surface area contributed by atoms with Crippen LogP contribution < -0.4 is 14.2 Å². The maximum atomic E-state index is 10.6. The number of rotatable bonds is 6. The molecule has 98 valence electrons. The molecule has 1 aromatic rings. The highest BCUT2D eigenvalue weighted by Gasteiger charge is 2.12. The Morgan fingerprint density at radius 2 is 1.67 bits per heavy atom. The van der Waals surface area contributed by atoms with Gasteiger partial charge in [0, 0.05) is 17.7 Å². The number of methoxy groups -OCH3 is 3. The van der Waals surface area contributed by atoms with Gasteiger partial charge in [0.1, 0.15) is 23.5 Å². The number of hydrogen-bond acceptors (Lipinski definition) is 4. The Balaban J connectivity index is 3.18. The van der Waals surface area contributed by atoms with Crippen LogP contribution in [0.2, 0.25) is 0 Å². The molecule has 0 radical (unpaired) electrons. The number of allylic oxidation sites excluding steroid dienone is 2. The van der Waals surface area contributed by atoms with Gasteiger partial charge < -0.3 is 14.2 Å². The molecule has 4 nitrogen and oxygen atoms in total. The summed E-state index contributed by atoms with van der Waals surface area (Å²) in [5.74, 6) is 2.03. The summed E-state index contributed by atoms with van der Waals surface area (Å²) < 4.78 is 15.8. The minimum atomic E-state index is 0.570. The first-order valence-corrected chi connectivity index (χ1v) is 5.57. The molecule has 4 heteroatoms. The number of ether oxygens (including phenoxy) is 3. The molecule has 0 heterocycles. The zero-order valence-electron chi connectivity index (χ0n) is 11.1. The van der Waals surface area contributed by atoms with Gasteiger partial charge in [0.25, 0.3) is 0 Å². The number of aldehydes is 1. The van der Waals surface area contributed by atoms with E-state index in [1.165, 1.54) is 0 Å². The predicted molar refractivity (Wildman–Crippen MR) is 69.6 cm³/mol. The third-order valence-electron chi connectivity index (χ3n) is 2.63. The van der Waals surface area contributed by atoms with E-state index in [1.54, 1.807) is 40.4 Å². The Morgan fingerprint density at radius 1 is 1.11 bits per heavy atom. The lowest BCUT2D eigenvalue weighted by Crippen LogP contribution is -1.98. The van der Waals surface area contributed by atoms with E-state index in [0.29, 0.717) is 29.2 Å². The Kier molecular flexibility index (Phi) is 5.24. The van der Waals surface area contributed by atoms with Gasteiger partial charge in [-0.1, -0.05) is 6.08 Å². The minimum Gasteiger partial charge on any atom is -0.496 e. The quantitative estimate of drug-likeness (QED) is 0.574. The standard InChI is InChI=1S/C14H18O4/c1-10(9-15)5-6-12-13(17-3)7-11(16-2)8-14(12)18-4/h5,7-9H,6H2,1-4H3. The van der Waals surface area contributed by atoms with Crippen LogP contribution in [0.5, 0.6) is 17.2 Å². The van der Waals surface area contributed by atoms with Gasteiger partial charge >= 0.3 is 0 Å². The smallest absolute Gasteiger partial charge is 0.145 e. The van der Waals surface area contributed by atoms with Gasteiger partial charge in [-0.3, -0.25) is 4.79 Å². The normalized spacial score (nSPS) is 11.0. The highest BCUT2D eigenvalue weighted by molar-refractivity contribution is 5.72. The second-order valence-electron chi connectivity index (χ2n) is 3.78. The highest BCUT2D eigenvalue weighted by Crippen LogP contribution is 2.34. The highest BCUT2D eigenvalue weighted by atomic mass is 16.5. The van der Waals surface area contributed by atoms with Gasteiger partial charge in [0.15, 0.2) is 0 Å². The first-order chi connectivity index (χ1) is 8.65. The monoisotopic (exact) mass is 250 g/mol. The molecule has 0 amide bonds. The van der Waals surface area contributed by atoms with E-state index in [9.17, 15) is 4.79 Å².